The van der Waals surface area contributed by atoms with Gasteiger partial charge in [0.15, 0.2) is 17.1 Å². The summed E-state index contributed by atoms with van der Waals surface area (Å²) in [5.41, 5.74) is 6.00. The van der Waals surface area contributed by atoms with Gasteiger partial charge in [-0.25, -0.2) is 4.98 Å². The maximum Gasteiger partial charge on any atom is 0.164 e. The average molecular weight is 867 g/mol. The van der Waals surface area contributed by atoms with Crippen molar-refractivity contribution in [2.75, 3.05) is 0 Å². The van der Waals surface area contributed by atoms with Crippen molar-refractivity contribution in [3.63, 3.8) is 0 Å². The monoisotopic (exact) mass is 867 g/mol. The standard InChI is InChI=1S/C29H28N3O.C15H28O2.Ir/c1-18(2)10-19-11-27-26(30-16-19)15-28(33-27)25-14-24(31-17-32-25)21-12-20-8-6-7-9-22(20)23(13-21)29(3,4)5;1-7-14(5,8-2)12(16)11-13(17)15(6,9-3)10-4;/h6-9,11,13-18H,10H2,1-5H3;11,16H,7-10H2,1-6H3;/q-1;;/b;12-11-;. The number of carbonyl (C=O) groups excluding carboxylic acids is 1. The van der Waals surface area contributed by atoms with Crippen LogP contribution in [0.15, 0.2) is 77.3 Å². The molecule has 3 aromatic heterocycles. The van der Waals surface area contributed by atoms with Crippen LogP contribution in [0.4, 0.5) is 0 Å². The van der Waals surface area contributed by atoms with Gasteiger partial charge in [0.05, 0.1) is 0 Å². The molecule has 2 aromatic carbocycles. The minimum Gasteiger partial charge on any atom is -0.512 e. The number of nitrogens with zero attached hydrogens (tertiary/aromatic N) is 3. The molecule has 1 N–H and O–H groups in total. The Kier molecular flexibility index (Phi) is 14.1. The first-order valence-corrected chi connectivity index (χ1v) is 18.2. The number of carbonyl (C=O) groups is 1. The van der Waals surface area contributed by atoms with Crippen LogP contribution in [0.3, 0.4) is 0 Å². The quantitative estimate of drug-likeness (QED) is 0.0808. The second-order valence-electron chi connectivity index (χ2n) is 15.5. The van der Waals surface area contributed by atoms with Gasteiger partial charge < -0.3 is 9.52 Å². The van der Waals surface area contributed by atoms with Crippen LogP contribution in [0.1, 0.15) is 113 Å². The zero-order chi connectivity index (χ0) is 36.9. The number of hydrogen-bond acceptors (Lipinski definition) is 6. The SMILES string of the molecule is CC(C)Cc1cnc2cc(-c3cc(-c4[c-]c5ccccc5c(C(C)(C)C)c4)ncn3)oc2c1.CCC(C)(CC)C(=O)/C=C(\O)C(C)(CC)CC.[Ir]. The predicted octanol–water partition coefficient (Wildman–Crippen LogP) is 12.0. The van der Waals surface area contributed by atoms with E-state index in [1.807, 2.05) is 59.9 Å². The molecule has 0 spiro atoms. The number of fused-ring (bicyclic) bond motifs is 2. The van der Waals surface area contributed by atoms with Crippen LogP contribution in [0.2, 0.25) is 0 Å². The van der Waals surface area contributed by atoms with Gasteiger partial charge in [-0.2, -0.15) is 0 Å². The van der Waals surface area contributed by atoms with E-state index in [9.17, 15) is 9.90 Å². The Morgan fingerprint density at radius 1 is 0.863 bits per heavy atom. The van der Waals surface area contributed by atoms with E-state index in [4.69, 9.17) is 4.42 Å². The van der Waals surface area contributed by atoms with Crippen LogP contribution < -0.4 is 0 Å². The van der Waals surface area contributed by atoms with E-state index in [-0.39, 0.29) is 47.9 Å². The Labute approximate surface area is 319 Å². The Balaban J connectivity index is 0.000000335. The number of benzene rings is 2. The molecule has 0 aliphatic carbocycles. The molecule has 0 bridgehead atoms. The van der Waals surface area contributed by atoms with Crippen molar-refractivity contribution >= 4 is 27.7 Å². The molecular weight excluding hydrogens is 811 g/mol. The van der Waals surface area contributed by atoms with Gasteiger partial charge in [0, 0.05) is 55.0 Å². The minimum atomic E-state index is -0.337. The number of aliphatic hydroxyl groups excluding tert-OH is 1. The second kappa shape index (κ2) is 17.2. The molecule has 3 heterocycles. The van der Waals surface area contributed by atoms with E-state index in [1.54, 1.807) is 6.33 Å². The molecule has 0 amide bonds. The number of aromatic nitrogens is 3. The summed E-state index contributed by atoms with van der Waals surface area (Å²) in [5, 5.41) is 12.4. The summed E-state index contributed by atoms with van der Waals surface area (Å²) in [6.45, 7) is 23.2. The van der Waals surface area contributed by atoms with E-state index in [0.717, 1.165) is 65.5 Å². The first-order chi connectivity index (χ1) is 23.6. The van der Waals surface area contributed by atoms with Crippen LogP contribution in [-0.2, 0) is 36.7 Å². The third-order valence-corrected chi connectivity index (χ3v) is 10.5. The van der Waals surface area contributed by atoms with Crippen LogP contribution in [0.25, 0.3) is 44.6 Å². The summed E-state index contributed by atoms with van der Waals surface area (Å²) >= 11 is 0. The van der Waals surface area contributed by atoms with Crippen molar-refractivity contribution < 1.29 is 34.4 Å². The summed E-state index contributed by atoms with van der Waals surface area (Å²) in [4.78, 5) is 25.8. The van der Waals surface area contributed by atoms with Gasteiger partial charge in [0.25, 0.3) is 0 Å². The molecule has 1 radical (unpaired) electrons. The number of rotatable bonds is 11. The Hall–Kier alpha value is -3.67. The summed E-state index contributed by atoms with van der Waals surface area (Å²) in [5.74, 6) is 1.55. The first kappa shape index (κ1) is 41.7. The number of furan rings is 1. The Morgan fingerprint density at radius 2 is 1.49 bits per heavy atom. The zero-order valence-corrected chi connectivity index (χ0v) is 34.8. The van der Waals surface area contributed by atoms with Crippen molar-refractivity contribution in [3.05, 3.63) is 90.1 Å². The molecule has 51 heavy (non-hydrogen) atoms. The fraction of sp³-hybridized carbons (Fsp3) is 0.455. The van der Waals surface area contributed by atoms with Crippen molar-refractivity contribution in [2.45, 2.75) is 114 Å². The van der Waals surface area contributed by atoms with Gasteiger partial charge in [-0.15, -0.1) is 29.1 Å². The third kappa shape index (κ3) is 9.81. The molecule has 0 fully saturated rings. The van der Waals surface area contributed by atoms with E-state index in [1.165, 1.54) is 22.6 Å². The van der Waals surface area contributed by atoms with Crippen LogP contribution in [0.5, 0.6) is 0 Å². The topological polar surface area (TPSA) is 89.1 Å². The van der Waals surface area contributed by atoms with E-state index in [0.29, 0.717) is 11.7 Å². The predicted molar refractivity (Wildman–Crippen MR) is 207 cm³/mol. The molecule has 0 unspecified atom stereocenters. The molecular formula is C44H56IrN3O3-. The minimum absolute atomic E-state index is 0. The van der Waals surface area contributed by atoms with Gasteiger partial charge in [-0.1, -0.05) is 105 Å². The van der Waals surface area contributed by atoms with Crippen molar-refractivity contribution in [2.24, 2.45) is 16.7 Å². The van der Waals surface area contributed by atoms with Crippen LogP contribution in [0, 0.1) is 22.8 Å². The van der Waals surface area contributed by atoms with E-state index in [2.05, 4.69) is 92.0 Å². The third-order valence-electron chi connectivity index (χ3n) is 10.5. The molecule has 0 saturated carbocycles. The molecule has 0 aliphatic heterocycles. The van der Waals surface area contributed by atoms with Crippen LogP contribution in [-0.4, -0.2) is 25.8 Å². The summed E-state index contributed by atoms with van der Waals surface area (Å²) < 4.78 is 6.15. The molecule has 0 atom stereocenters. The summed E-state index contributed by atoms with van der Waals surface area (Å²) in [6, 6.07) is 20.2. The summed E-state index contributed by atoms with van der Waals surface area (Å²) in [7, 11) is 0. The Bertz CT molecular complexity index is 1960. The van der Waals surface area contributed by atoms with E-state index < -0.39 is 0 Å². The largest absolute Gasteiger partial charge is 0.512 e. The van der Waals surface area contributed by atoms with E-state index >= 15 is 0 Å². The average Bonchev–Trinajstić information content (AvgIpc) is 3.53. The fourth-order valence-electron chi connectivity index (χ4n) is 5.98. The molecule has 6 nitrogen and oxygen atoms in total. The number of hydrogen-bond donors (Lipinski definition) is 1. The second-order valence-corrected chi connectivity index (χ2v) is 15.5. The van der Waals surface area contributed by atoms with Crippen molar-refractivity contribution in [3.8, 4) is 22.7 Å². The first-order valence-electron chi connectivity index (χ1n) is 18.2. The maximum absolute atomic E-state index is 12.2. The molecule has 7 heteroatoms. The summed E-state index contributed by atoms with van der Waals surface area (Å²) in [6.07, 6.45) is 9.26. The fourth-order valence-corrected chi connectivity index (χ4v) is 5.98. The Morgan fingerprint density at radius 3 is 2.10 bits per heavy atom. The van der Waals surface area contributed by atoms with Gasteiger partial charge >= 0.3 is 0 Å². The smallest absolute Gasteiger partial charge is 0.164 e. The van der Waals surface area contributed by atoms with Crippen molar-refractivity contribution in [1.82, 2.24) is 15.0 Å². The molecule has 5 aromatic rings. The zero-order valence-electron chi connectivity index (χ0n) is 32.4. The number of aliphatic hydroxyl groups is 1. The number of pyridine rings is 1. The van der Waals surface area contributed by atoms with Crippen LogP contribution >= 0.6 is 0 Å². The number of allylic oxidation sites excluding steroid dienone is 2. The van der Waals surface area contributed by atoms with Gasteiger partial charge in [0.2, 0.25) is 0 Å². The van der Waals surface area contributed by atoms with Crippen molar-refractivity contribution in [1.29, 1.82) is 0 Å². The van der Waals surface area contributed by atoms with Gasteiger partial charge in [-0.05, 0) is 61.1 Å². The molecule has 275 valence electrons. The molecule has 0 saturated heterocycles. The van der Waals surface area contributed by atoms with Gasteiger partial charge in [0.1, 0.15) is 23.3 Å². The molecule has 0 aliphatic rings. The maximum atomic E-state index is 12.2. The molecule has 5 rings (SSSR count). The van der Waals surface area contributed by atoms with Gasteiger partial charge in [-0.3, -0.25) is 14.8 Å². The number of ketones is 1. The normalized spacial score (nSPS) is 12.5.